The molecule has 0 aliphatic carbocycles. The van der Waals surface area contributed by atoms with Crippen molar-refractivity contribution in [3.63, 3.8) is 0 Å². The number of nitrogens with zero attached hydrogens (tertiary/aromatic N) is 1. The number of methoxy groups -OCH3 is 1. The Balaban J connectivity index is 1.80. The minimum Gasteiger partial charge on any atom is -0.497 e. The number of halogens is 1. The van der Waals surface area contributed by atoms with E-state index in [4.69, 9.17) is 17.0 Å². The van der Waals surface area contributed by atoms with Crippen LogP contribution in [0.25, 0.3) is 6.08 Å². The molecule has 0 bridgehead atoms. The normalized spacial score (nSPS) is 16.1. The van der Waals surface area contributed by atoms with E-state index in [-0.39, 0.29) is 11.7 Å². The largest absolute Gasteiger partial charge is 0.497 e. The van der Waals surface area contributed by atoms with E-state index in [1.807, 2.05) is 24.3 Å². The standard InChI is InChI=1S/C18H14FNO2S2/c1-22-14-8-6-12(7-9-14)11-20-17(21)16(24-18(20)23)10-13-4-2-3-5-15(13)19/h2-10H,11H2,1H3/b16-10-. The summed E-state index contributed by atoms with van der Waals surface area (Å²) < 4.78 is 19.4. The lowest BCUT2D eigenvalue weighted by Crippen LogP contribution is -2.27. The third-order valence-corrected chi connectivity index (χ3v) is 4.94. The van der Waals surface area contributed by atoms with Gasteiger partial charge in [-0.15, -0.1) is 0 Å². The van der Waals surface area contributed by atoms with Gasteiger partial charge in [0, 0.05) is 5.56 Å². The molecule has 6 heteroatoms. The maximum Gasteiger partial charge on any atom is 0.266 e. The highest BCUT2D eigenvalue weighted by Crippen LogP contribution is 2.34. The fourth-order valence-electron chi connectivity index (χ4n) is 2.28. The molecule has 2 aromatic rings. The number of benzene rings is 2. The van der Waals surface area contributed by atoms with E-state index in [0.717, 1.165) is 11.3 Å². The van der Waals surface area contributed by atoms with Gasteiger partial charge in [-0.2, -0.15) is 0 Å². The highest BCUT2D eigenvalue weighted by atomic mass is 32.2. The van der Waals surface area contributed by atoms with Crippen LogP contribution in [0.1, 0.15) is 11.1 Å². The molecule has 3 rings (SSSR count). The van der Waals surface area contributed by atoms with Crippen molar-refractivity contribution in [2.24, 2.45) is 0 Å². The lowest BCUT2D eigenvalue weighted by atomic mass is 10.2. The first kappa shape index (κ1) is 16.7. The molecule has 0 N–H and O–H groups in total. The van der Waals surface area contributed by atoms with E-state index in [1.54, 1.807) is 31.4 Å². The Hall–Kier alpha value is -2.18. The quantitative estimate of drug-likeness (QED) is 0.603. The highest BCUT2D eigenvalue weighted by molar-refractivity contribution is 8.26. The molecule has 0 radical (unpaired) electrons. The summed E-state index contributed by atoms with van der Waals surface area (Å²) in [7, 11) is 1.60. The molecule has 1 amide bonds. The summed E-state index contributed by atoms with van der Waals surface area (Å²) in [5.41, 5.74) is 1.32. The van der Waals surface area contributed by atoms with E-state index in [0.29, 0.717) is 21.3 Å². The van der Waals surface area contributed by atoms with Crippen LogP contribution in [0, 0.1) is 5.82 Å². The molecule has 0 spiro atoms. The third-order valence-electron chi connectivity index (χ3n) is 3.57. The molecule has 0 unspecified atom stereocenters. The van der Waals surface area contributed by atoms with Crippen LogP contribution in [0.2, 0.25) is 0 Å². The maximum atomic E-state index is 13.8. The van der Waals surface area contributed by atoms with E-state index >= 15 is 0 Å². The Morgan fingerprint density at radius 3 is 2.58 bits per heavy atom. The van der Waals surface area contributed by atoms with Crippen molar-refractivity contribution in [1.29, 1.82) is 0 Å². The number of thiocarbonyl (C=S) groups is 1. The minimum absolute atomic E-state index is 0.205. The van der Waals surface area contributed by atoms with Crippen molar-refractivity contribution < 1.29 is 13.9 Å². The predicted molar refractivity (Wildman–Crippen MR) is 98.1 cm³/mol. The molecule has 122 valence electrons. The summed E-state index contributed by atoms with van der Waals surface area (Å²) in [6, 6.07) is 13.8. The lowest BCUT2D eigenvalue weighted by molar-refractivity contribution is -0.122. The number of carbonyl (C=O) groups excluding carboxylic acids is 1. The molecule has 1 fully saturated rings. The summed E-state index contributed by atoms with van der Waals surface area (Å²) >= 11 is 6.49. The van der Waals surface area contributed by atoms with E-state index in [1.165, 1.54) is 22.7 Å². The topological polar surface area (TPSA) is 29.5 Å². The molecule has 1 aliphatic heterocycles. The summed E-state index contributed by atoms with van der Waals surface area (Å²) in [6.45, 7) is 0.378. The van der Waals surface area contributed by atoms with Gasteiger partial charge >= 0.3 is 0 Å². The van der Waals surface area contributed by atoms with Crippen molar-refractivity contribution in [2.75, 3.05) is 7.11 Å². The van der Waals surface area contributed by atoms with Crippen LogP contribution in [0.15, 0.2) is 53.4 Å². The SMILES string of the molecule is COc1ccc(CN2C(=O)/C(=C/c3ccccc3F)SC2=S)cc1. The van der Waals surface area contributed by atoms with Crippen LogP contribution in [-0.4, -0.2) is 22.2 Å². The van der Waals surface area contributed by atoms with Gasteiger partial charge in [0.05, 0.1) is 18.6 Å². The molecule has 1 aliphatic rings. The number of hydrogen-bond donors (Lipinski definition) is 0. The molecule has 1 heterocycles. The summed E-state index contributed by atoms with van der Waals surface area (Å²) in [4.78, 5) is 14.5. The molecule has 0 saturated carbocycles. The Bertz CT molecular complexity index is 818. The second kappa shape index (κ2) is 7.15. The smallest absolute Gasteiger partial charge is 0.266 e. The fraction of sp³-hybridized carbons (Fsp3) is 0.111. The van der Waals surface area contributed by atoms with Crippen LogP contribution in [0.5, 0.6) is 5.75 Å². The number of hydrogen-bond acceptors (Lipinski definition) is 4. The van der Waals surface area contributed by atoms with E-state index in [9.17, 15) is 9.18 Å². The molecular weight excluding hydrogens is 345 g/mol. The van der Waals surface area contributed by atoms with Gasteiger partial charge in [0.25, 0.3) is 5.91 Å². The van der Waals surface area contributed by atoms with Crippen molar-refractivity contribution in [3.05, 3.63) is 70.4 Å². The third kappa shape index (κ3) is 3.49. The van der Waals surface area contributed by atoms with Gasteiger partial charge in [0.2, 0.25) is 0 Å². The summed E-state index contributed by atoms with van der Waals surface area (Å²) in [5, 5.41) is 0. The number of carbonyl (C=O) groups is 1. The van der Waals surface area contributed by atoms with Crippen molar-refractivity contribution in [3.8, 4) is 5.75 Å². The summed E-state index contributed by atoms with van der Waals surface area (Å²) in [6.07, 6.45) is 1.54. The Morgan fingerprint density at radius 1 is 1.21 bits per heavy atom. The van der Waals surface area contributed by atoms with Crippen LogP contribution in [0.3, 0.4) is 0 Å². The van der Waals surface area contributed by atoms with Crippen molar-refractivity contribution in [1.82, 2.24) is 4.90 Å². The average molecular weight is 359 g/mol. The molecule has 24 heavy (non-hydrogen) atoms. The van der Waals surface area contributed by atoms with Crippen molar-refractivity contribution >= 4 is 40.3 Å². The molecule has 1 saturated heterocycles. The first-order chi connectivity index (χ1) is 11.6. The molecule has 3 nitrogen and oxygen atoms in total. The van der Waals surface area contributed by atoms with Gasteiger partial charge in [0.15, 0.2) is 0 Å². The van der Waals surface area contributed by atoms with Crippen LogP contribution >= 0.6 is 24.0 Å². The zero-order chi connectivity index (χ0) is 17.1. The van der Waals surface area contributed by atoms with E-state index < -0.39 is 0 Å². The number of amides is 1. The lowest BCUT2D eigenvalue weighted by Gasteiger charge is -2.14. The number of ether oxygens (including phenoxy) is 1. The molecule has 0 atom stereocenters. The van der Waals surface area contributed by atoms with Gasteiger partial charge in [-0.3, -0.25) is 9.69 Å². The average Bonchev–Trinajstić information content (AvgIpc) is 2.85. The van der Waals surface area contributed by atoms with Gasteiger partial charge in [-0.25, -0.2) is 4.39 Å². The van der Waals surface area contributed by atoms with Gasteiger partial charge in [-0.05, 0) is 29.8 Å². The molecular formula is C18H14FNO2S2. The zero-order valence-electron chi connectivity index (χ0n) is 12.9. The summed E-state index contributed by atoms with van der Waals surface area (Å²) in [5.74, 6) is 0.186. The second-order valence-electron chi connectivity index (χ2n) is 5.14. The first-order valence-electron chi connectivity index (χ1n) is 7.21. The second-order valence-corrected chi connectivity index (χ2v) is 6.81. The Labute approximate surface area is 149 Å². The van der Waals surface area contributed by atoms with Gasteiger partial charge in [-0.1, -0.05) is 54.3 Å². The Morgan fingerprint density at radius 2 is 1.92 bits per heavy atom. The fourth-order valence-corrected chi connectivity index (χ4v) is 3.53. The number of rotatable bonds is 4. The monoisotopic (exact) mass is 359 g/mol. The predicted octanol–water partition coefficient (Wildman–Crippen LogP) is 4.24. The first-order valence-corrected chi connectivity index (χ1v) is 8.44. The maximum absolute atomic E-state index is 13.8. The highest BCUT2D eigenvalue weighted by Gasteiger charge is 2.32. The molecule has 2 aromatic carbocycles. The minimum atomic E-state index is -0.363. The number of thioether (sulfide) groups is 1. The molecule has 0 aromatic heterocycles. The van der Waals surface area contributed by atoms with Gasteiger partial charge in [0.1, 0.15) is 15.9 Å². The Kier molecular flexibility index (Phi) is 4.97. The van der Waals surface area contributed by atoms with E-state index in [2.05, 4.69) is 0 Å². The van der Waals surface area contributed by atoms with Crippen LogP contribution < -0.4 is 4.74 Å². The van der Waals surface area contributed by atoms with Crippen molar-refractivity contribution in [2.45, 2.75) is 6.54 Å². The van der Waals surface area contributed by atoms with Crippen LogP contribution in [-0.2, 0) is 11.3 Å². The van der Waals surface area contributed by atoms with Crippen LogP contribution in [0.4, 0.5) is 4.39 Å². The zero-order valence-corrected chi connectivity index (χ0v) is 14.5. The van der Waals surface area contributed by atoms with Gasteiger partial charge < -0.3 is 4.74 Å².